The summed E-state index contributed by atoms with van der Waals surface area (Å²) in [5.74, 6) is -0.701. The number of hydrogen-bond donors (Lipinski definition) is 2. The van der Waals surface area contributed by atoms with Gasteiger partial charge < -0.3 is 15.0 Å². The van der Waals surface area contributed by atoms with E-state index in [1.54, 1.807) is 24.1 Å². The number of nitrogens with one attached hydrogen (secondary N) is 1. The van der Waals surface area contributed by atoms with E-state index < -0.39 is 18.0 Å². The molecule has 0 bridgehead atoms. The number of hydrogen-bond acceptors (Lipinski definition) is 6. The molecule has 0 radical (unpaired) electrons. The Morgan fingerprint density at radius 2 is 2.18 bits per heavy atom. The molecule has 2 aromatic carbocycles. The Balaban J connectivity index is 0.00000306. The van der Waals surface area contributed by atoms with Gasteiger partial charge in [-0.1, -0.05) is 17.4 Å². The maximum Gasteiger partial charge on any atom is 0.305 e. The molecule has 1 fully saturated rings. The standard InChI is InChI=1S/C23H23FN4O3S.ClH/c1-27(22(30)9-14-2-3-21-19(8-14)26-23(31)32-21)20(13-28-5-4-18(29)12-28)16-6-15(11-25)7-17(24)10-16;/h2-3,6-8,10,18,20,29H,4-5,9,12-13H2,1H3,(H,26,31);1H/t18-,20+;/m0./s1. The molecule has 2 N–H and O–H groups in total. The molecule has 0 aliphatic carbocycles. The number of aliphatic hydroxyl groups excluding tert-OH is 1. The smallest absolute Gasteiger partial charge is 0.305 e. The Kier molecular flexibility index (Phi) is 7.87. The predicted octanol–water partition coefficient (Wildman–Crippen LogP) is 2.83. The van der Waals surface area contributed by atoms with E-state index >= 15 is 0 Å². The minimum absolute atomic E-state index is 0. The van der Waals surface area contributed by atoms with Gasteiger partial charge in [0.2, 0.25) is 5.91 Å². The fraction of sp³-hybridized carbons (Fsp3) is 0.348. The third kappa shape index (κ3) is 5.78. The van der Waals surface area contributed by atoms with Crippen LogP contribution in [0.4, 0.5) is 4.39 Å². The zero-order valence-electron chi connectivity index (χ0n) is 18.0. The molecule has 1 aliphatic heterocycles. The number of carbonyl (C=O) groups is 1. The van der Waals surface area contributed by atoms with Crippen LogP contribution in [-0.2, 0) is 11.2 Å². The first kappa shape index (κ1) is 24.9. The number of nitrogens with zero attached hydrogens (tertiary/aromatic N) is 3. The highest BCUT2D eigenvalue weighted by Gasteiger charge is 2.29. The van der Waals surface area contributed by atoms with Crippen LogP contribution in [-0.4, -0.2) is 58.6 Å². The molecule has 0 unspecified atom stereocenters. The molecular weight excluding hydrogens is 467 g/mol. The van der Waals surface area contributed by atoms with Gasteiger partial charge in [-0.25, -0.2) is 4.39 Å². The number of aromatic nitrogens is 1. The van der Waals surface area contributed by atoms with Crippen molar-refractivity contribution in [3.63, 3.8) is 0 Å². The molecule has 1 saturated heterocycles. The van der Waals surface area contributed by atoms with Crippen LogP contribution in [0.2, 0.25) is 0 Å². The van der Waals surface area contributed by atoms with Gasteiger partial charge in [-0.3, -0.25) is 14.5 Å². The Morgan fingerprint density at radius 3 is 2.88 bits per heavy atom. The number of thiazole rings is 1. The molecule has 1 amide bonds. The number of halogens is 2. The largest absolute Gasteiger partial charge is 0.392 e. The number of aromatic amines is 1. The Hall–Kier alpha value is -2.77. The first-order valence-electron chi connectivity index (χ1n) is 10.3. The van der Waals surface area contributed by atoms with Crippen LogP contribution in [0, 0.1) is 17.1 Å². The lowest BCUT2D eigenvalue weighted by molar-refractivity contribution is -0.131. The summed E-state index contributed by atoms with van der Waals surface area (Å²) >= 11 is 1.12. The van der Waals surface area contributed by atoms with Gasteiger partial charge in [0.15, 0.2) is 0 Å². The van der Waals surface area contributed by atoms with Crippen molar-refractivity contribution in [2.75, 3.05) is 26.7 Å². The first-order valence-corrected chi connectivity index (χ1v) is 11.1. The molecule has 174 valence electrons. The first-order chi connectivity index (χ1) is 15.3. The quantitative estimate of drug-likeness (QED) is 0.553. The maximum atomic E-state index is 14.2. The molecule has 2 atom stereocenters. The zero-order chi connectivity index (χ0) is 22.8. The second-order valence-electron chi connectivity index (χ2n) is 8.13. The number of benzene rings is 2. The van der Waals surface area contributed by atoms with E-state index in [-0.39, 0.29) is 35.2 Å². The van der Waals surface area contributed by atoms with Gasteiger partial charge in [0, 0.05) is 26.7 Å². The van der Waals surface area contributed by atoms with E-state index in [1.807, 2.05) is 23.1 Å². The second kappa shape index (κ2) is 10.4. The lowest BCUT2D eigenvalue weighted by atomic mass is 10.0. The Morgan fingerprint density at radius 1 is 1.39 bits per heavy atom. The SMILES string of the molecule is CN(C(=O)Cc1ccc2sc(=O)[nH]c2c1)[C@H](CN1CC[C@H](O)C1)c1cc(F)cc(C#N)c1.Cl. The van der Waals surface area contributed by atoms with E-state index in [0.717, 1.165) is 21.6 Å². The van der Waals surface area contributed by atoms with Crippen LogP contribution in [0.5, 0.6) is 0 Å². The maximum absolute atomic E-state index is 14.2. The molecule has 0 saturated carbocycles. The number of likely N-dealkylation sites (tertiary alicyclic amines) is 1. The van der Waals surface area contributed by atoms with Crippen LogP contribution in [0.25, 0.3) is 10.2 Å². The lowest BCUT2D eigenvalue weighted by Crippen LogP contribution is -2.39. The van der Waals surface area contributed by atoms with Crippen molar-refractivity contribution in [2.24, 2.45) is 0 Å². The molecule has 7 nitrogen and oxygen atoms in total. The van der Waals surface area contributed by atoms with Gasteiger partial charge in [-0.2, -0.15) is 5.26 Å². The summed E-state index contributed by atoms with van der Waals surface area (Å²) in [4.78, 5) is 31.0. The third-order valence-electron chi connectivity index (χ3n) is 5.81. The predicted molar refractivity (Wildman–Crippen MR) is 127 cm³/mol. The summed E-state index contributed by atoms with van der Waals surface area (Å²) in [5, 5.41) is 19.1. The molecule has 33 heavy (non-hydrogen) atoms. The average Bonchev–Trinajstić information content (AvgIpc) is 3.34. The highest BCUT2D eigenvalue weighted by molar-refractivity contribution is 7.16. The number of rotatable bonds is 6. The van der Waals surface area contributed by atoms with E-state index in [9.17, 15) is 24.3 Å². The number of carbonyl (C=O) groups excluding carboxylic acids is 1. The van der Waals surface area contributed by atoms with Crippen molar-refractivity contribution in [3.8, 4) is 6.07 Å². The summed E-state index contributed by atoms with van der Waals surface area (Å²) in [6.07, 6.45) is 0.345. The number of H-pyrrole nitrogens is 1. The van der Waals surface area contributed by atoms with E-state index in [1.165, 1.54) is 12.1 Å². The van der Waals surface area contributed by atoms with Crippen LogP contribution < -0.4 is 4.87 Å². The number of amides is 1. The fourth-order valence-corrected chi connectivity index (χ4v) is 4.84. The highest BCUT2D eigenvalue weighted by Crippen LogP contribution is 2.26. The molecule has 3 aromatic rings. The summed E-state index contributed by atoms with van der Waals surface area (Å²) in [6, 6.07) is 11.0. The van der Waals surface area contributed by atoms with Gasteiger partial charge in [0.25, 0.3) is 0 Å². The number of aliphatic hydroxyl groups is 1. The van der Waals surface area contributed by atoms with Crippen molar-refractivity contribution in [1.29, 1.82) is 5.26 Å². The second-order valence-corrected chi connectivity index (χ2v) is 9.14. The highest BCUT2D eigenvalue weighted by atomic mass is 35.5. The van der Waals surface area contributed by atoms with Crippen molar-refractivity contribution in [3.05, 3.63) is 68.6 Å². The minimum Gasteiger partial charge on any atom is -0.392 e. The van der Waals surface area contributed by atoms with Crippen molar-refractivity contribution >= 4 is 39.9 Å². The number of likely N-dealkylation sites (N-methyl/N-ethyl adjacent to an activating group) is 1. The Labute approximate surface area is 200 Å². The van der Waals surface area contributed by atoms with Gasteiger partial charge in [0.05, 0.1) is 40.4 Å². The van der Waals surface area contributed by atoms with Gasteiger partial charge in [-0.05, 0) is 47.9 Å². The Bertz CT molecular complexity index is 1250. The normalized spacial score (nSPS) is 16.8. The van der Waals surface area contributed by atoms with Crippen LogP contribution in [0.1, 0.15) is 29.2 Å². The van der Waals surface area contributed by atoms with Gasteiger partial charge in [0.1, 0.15) is 5.82 Å². The monoisotopic (exact) mass is 490 g/mol. The molecular formula is C23H24ClFN4O3S. The number of nitriles is 1. The summed E-state index contributed by atoms with van der Waals surface area (Å²) in [5.41, 5.74) is 2.19. The topological polar surface area (TPSA) is 100 Å². The summed E-state index contributed by atoms with van der Waals surface area (Å²) < 4.78 is 15.0. The zero-order valence-corrected chi connectivity index (χ0v) is 19.6. The summed E-state index contributed by atoms with van der Waals surface area (Å²) in [6.45, 7) is 1.59. The van der Waals surface area contributed by atoms with E-state index in [4.69, 9.17) is 0 Å². The molecule has 2 heterocycles. The van der Waals surface area contributed by atoms with Crippen LogP contribution >= 0.6 is 23.7 Å². The van der Waals surface area contributed by atoms with Crippen LogP contribution in [0.3, 0.4) is 0 Å². The number of fused-ring (bicyclic) bond motifs is 1. The van der Waals surface area contributed by atoms with Crippen molar-refractivity contribution in [1.82, 2.24) is 14.8 Å². The van der Waals surface area contributed by atoms with Crippen LogP contribution in [0.15, 0.2) is 41.2 Å². The molecule has 1 aromatic heterocycles. The van der Waals surface area contributed by atoms with Crippen molar-refractivity contribution in [2.45, 2.75) is 25.0 Å². The number of β-amino-alcohol motifs (C(OH)–C–C–N with tert-alkyl or cyclic N) is 1. The molecule has 10 heteroatoms. The minimum atomic E-state index is -0.529. The van der Waals surface area contributed by atoms with E-state index in [2.05, 4.69) is 4.98 Å². The fourth-order valence-electron chi connectivity index (χ4n) is 4.13. The molecule has 0 spiro atoms. The molecule has 1 aliphatic rings. The molecule has 4 rings (SSSR count). The van der Waals surface area contributed by atoms with Gasteiger partial charge in [-0.15, -0.1) is 12.4 Å². The van der Waals surface area contributed by atoms with Gasteiger partial charge >= 0.3 is 4.87 Å². The summed E-state index contributed by atoms with van der Waals surface area (Å²) in [7, 11) is 1.67. The third-order valence-corrected chi connectivity index (χ3v) is 6.68. The average molecular weight is 491 g/mol. The van der Waals surface area contributed by atoms with E-state index in [0.29, 0.717) is 37.1 Å². The lowest BCUT2D eigenvalue weighted by Gasteiger charge is -2.32. The van der Waals surface area contributed by atoms with Crippen molar-refractivity contribution < 1.29 is 14.3 Å².